The summed E-state index contributed by atoms with van der Waals surface area (Å²) in [5.74, 6) is 0.792. The molecule has 0 aliphatic heterocycles. The highest BCUT2D eigenvalue weighted by molar-refractivity contribution is 6.33. The van der Waals surface area contributed by atoms with Crippen LogP contribution in [0, 0.1) is 6.92 Å². The summed E-state index contributed by atoms with van der Waals surface area (Å²) in [5, 5.41) is 18.9. The van der Waals surface area contributed by atoms with Crippen LogP contribution in [0.1, 0.15) is 5.69 Å². The van der Waals surface area contributed by atoms with E-state index < -0.39 is 0 Å². The number of hydrogen-bond donors (Lipinski definition) is 1. The van der Waals surface area contributed by atoms with Crippen molar-refractivity contribution in [2.75, 3.05) is 0 Å². The summed E-state index contributed by atoms with van der Waals surface area (Å²) in [5.41, 5.74) is 3.69. The molecule has 0 radical (unpaired) electrons. The van der Waals surface area contributed by atoms with E-state index in [0.29, 0.717) is 16.5 Å². The average molecular weight is 311 g/mol. The number of benzene rings is 2. The fraction of sp³-hybridized carbons (Fsp3) is 0.0625. The molecule has 0 aliphatic carbocycles. The van der Waals surface area contributed by atoms with Gasteiger partial charge in [-0.2, -0.15) is 0 Å². The number of halogens is 1. The zero-order chi connectivity index (χ0) is 15.3. The Labute approximate surface area is 130 Å². The fourth-order valence-corrected chi connectivity index (χ4v) is 2.80. The van der Waals surface area contributed by atoms with Gasteiger partial charge in [0.05, 0.1) is 21.7 Å². The van der Waals surface area contributed by atoms with Gasteiger partial charge in [0.2, 0.25) is 0 Å². The van der Waals surface area contributed by atoms with Gasteiger partial charge in [-0.3, -0.25) is 4.40 Å². The quantitative estimate of drug-likeness (QED) is 0.583. The Morgan fingerprint density at radius 1 is 1.09 bits per heavy atom. The topological polar surface area (TPSA) is 63.3 Å². The van der Waals surface area contributed by atoms with Crippen molar-refractivity contribution in [2.45, 2.75) is 6.92 Å². The van der Waals surface area contributed by atoms with E-state index in [1.807, 2.05) is 35.6 Å². The largest absolute Gasteiger partial charge is 0.508 e. The van der Waals surface area contributed by atoms with E-state index in [1.54, 1.807) is 18.2 Å². The Morgan fingerprint density at radius 3 is 2.73 bits per heavy atom. The van der Waals surface area contributed by atoms with Crippen molar-refractivity contribution in [2.24, 2.45) is 0 Å². The van der Waals surface area contributed by atoms with Crippen LogP contribution in [0.5, 0.6) is 5.75 Å². The van der Waals surface area contributed by atoms with Gasteiger partial charge >= 0.3 is 0 Å². The van der Waals surface area contributed by atoms with Crippen molar-refractivity contribution < 1.29 is 5.11 Å². The number of nitrogens with zero attached hydrogens (tertiary/aromatic N) is 4. The SMILES string of the molecule is Cc1nc2ccc(O)cc2n2c(-c3ccccc3Cl)nnc12. The zero-order valence-electron chi connectivity index (χ0n) is 11.7. The minimum atomic E-state index is 0.165. The Balaban J connectivity index is 2.19. The number of hydrogen-bond acceptors (Lipinski definition) is 4. The van der Waals surface area contributed by atoms with E-state index in [0.717, 1.165) is 22.3 Å². The van der Waals surface area contributed by atoms with E-state index in [-0.39, 0.29) is 5.75 Å². The van der Waals surface area contributed by atoms with E-state index in [1.165, 1.54) is 0 Å². The van der Waals surface area contributed by atoms with E-state index in [9.17, 15) is 5.11 Å². The Kier molecular flexibility index (Phi) is 2.77. The first kappa shape index (κ1) is 13.0. The highest BCUT2D eigenvalue weighted by Gasteiger charge is 2.16. The van der Waals surface area contributed by atoms with Crippen LogP contribution in [0.4, 0.5) is 0 Å². The van der Waals surface area contributed by atoms with Gasteiger partial charge in [0.15, 0.2) is 11.5 Å². The number of phenols is 1. The van der Waals surface area contributed by atoms with Gasteiger partial charge in [0.1, 0.15) is 5.75 Å². The van der Waals surface area contributed by atoms with Crippen molar-refractivity contribution in [1.82, 2.24) is 19.6 Å². The number of rotatable bonds is 1. The first-order valence-electron chi connectivity index (χ1n) is 6.74. The molecule has 22 heavy (non-hydrogen) atoms. The average Bonchev–Trinajstić information content (AvgIpc) is 2.94. The summed E-state index contributed by atoms with van der Waals surface area (Å²) in [4.78, 5) is 4.51. The molecule has 0 saturated heterocycles. The second-order valence-corrected chi connectivity index (χ2v) is 5.44. The molecule has 1 N–H and O–H groups in total. The van der Waals surface area contributed by atoms with Gasteiger partial charge in [0, 0.05) is 11.6 Å². The predicted molar refractivity (Wildman–Crippen MR) is 85.1 cm³/mol. The molecule has 0 saturated carbocycles. The van der Waals surface area contributed by atoms with Crippen LogP contribution in [0.15, 0.2) is 42.5 Å². The summed E-state index contributed by atoms with van der Waals surface area (Å²) in [6.07, 6.45) is 0. The van der Waals surface area contributed by atoms with E-state index >= 15 is 0 Å². The summed E-state index contributed by atoms with van der Waals surface area (Å²) in [6, 6.07) is 12.5. The standard InChI is InChI=1S/C16H11ClN4O/c1-9-15-19-20-16(11-4-2-3-5-12(11)17)21(15)14-8-10(22)6-7-13(14)18-9/h2-8,22H,1H3. The number of aromatic nitrogens is 4. The Bertz CT molecular complexity index is 1030. The minimum Gasteiger partial charge on any atom is -0.508 e. The van der Waals surface area contributed by atoms with Gasteiger partial charge in [-0.25, -0.2) is 4.98 Å². The molecule has 2 aromatic carbocycles. The van der Waals surface area contributed by atoms with Crippen molar-refractivity contribution in [3.63, 3.8) is 0 Å². The fourth-order valence-electron chi connectivity index (χ4n) is 2.58. The van der Waals surface area contributed by atoms with Crippen LogP contribution in [-0.2, 0) is 0 Å². The molecule has 108 valence electrons. The smallest absolute Gasteiger partial charge is 0.183 e. The number of fused-ring (bicyclic) bond motifs is 3. The molecule has 0 aliphatic rings. The maximum absolute atomic E-state index is 9.80. The number of aromatic hydroxyl groups is 1. The monoisotopic (exact) mass is 310 g/mol. The molecule has 5 nitrogen and oxygen atoms in total. The van der Waals surface area contributed by atoms with E-state index in [4.69, 9.17) is 11.6 Å². The molecule has 2 aromatic heterocycles. The Morgan fingerprint density at radius 2 is 1.91 bits per heavy atom. The van der Waals surface area contributed by atoms with Crippen LogP contribution in [0.25, 0.3) is 28.1 Å². The molecule has 0 amide bonds. The lowest BCUT2D eigenvalue weighted by atomic mass is 10.2. The third-order valence-corrected chi connectivity index (χ3v) is 3.92. The molecule has 2 heterocycles. The van der Waals surface area contributed by atoms with Crippen LogP contribution >= 0.6 is 11.6 Å². The van der Waals surface area contributed by atoms with Crippen LogP contribution in [-0.4, -0.2) is 24.7 Å². The maximum atomic E-state index is 9.80. The lowest BCUT2D eigenvalue weighted by molar-refractivity contribution is 0.476. The van der Waals surface area contributed by atoms with Crippen molar-refractivity contribution >= 4 is 28.3 Å². The Hall–Kier alpha value is -2.66. The van der Waals surface area contributed by atoms with Gasteiger partial charge in [0.25, 0.3) is 0 Å². The lowest BCUT2D eigenvalue weighted by Gasteiger charge is -2.07. The molecule has 0 unspecified atom stereocenters. The molecule has 0 atom stereocenters. The van der Waals surface area contributed by atoms with Crippen LogP contribution in [0.3, 0.4) is 0 Å². The van der Waals surface area contributed by atoms with Crippen molar-refractivity contribution in [3.05, 3.63) is 53.2 Å². The van der Waals surface area contributed by atoms with Gasteiger partial charge in [-0.15, -0.1) is 10.2 Å². The first-order chi connectivity index (χ1) is 10.6. The van der Waals surface area contributed by atoms with Crippen molar-refractivity contribution in [1.29, 1.82) is 0 Å². The number of aryl methyl sites for hydroxylation is 1. The zero-order valence-corrected chi connectivity index (χ0v) is 12.4. The summed E-state index contributed by atoms with van der Waals surface area (Å²) >= 11 is 6.29. The summed E-state index contributed by atoms with van der Waals surface area (Å²) in [6.45, 7) is 1.88. The predicted octanol–water partition coefficient (Wildman–Crippen LogP) is 3.61. The second kappa shape index (κ2) is 4.68. The van der Waals surface area contributed by atoms with Gasteiger partial charge < -0.3 is 5.11 Å². The molecule has 0 bridgehead atoms. The third-order valence-electron chi connectivity index (χ3n) is 3.59. The van der Waals surface area contributed by atoms with Crippen LogP contribution < -0.4 is 0 Å². The molecule has 6 heteroatoms. The molecular formula is C16H11ClN4O. The van der Waals surface area contributed by atoms with Crippen LogP contribution in [0.2, 0.25) is 5.02 Å². The summed E-state index contributed by atoms with van der Waals surface area (Å²) < 4.78 is 1.87. The molecule has 0 fully saturated rings. The molecular weight excluding hydrogens is 300 g/mol. The highest BCUT2D eigenvalue weighted by atomic mass is 35.5. The first-order valence-corrected chi connectivity index (χ1v) is 7.12. The molecule has 4 aromatic rings. The normalized spacial score (nSPS) is 11.4. The lowest BCUT2D eigenvalue weighted by Crippen LogP contribution is -1.97. The third kappa shape index (κ3) is 1.83. The molecule has 0 spiro atoms. The van der Waals surface area contributed by atoms with Gasteiger partial charge in [-0.05, 0) is 31.2 Å². The maximum Gasteiger partial charge on any atom is 0.183 e. The van der Waals surface area contributed by atoms with Gasteiger partial charge in [-0.1, -0.05) is 23.7 Å². The minimum absolute atomic E-state index is 0.165. The van der Waals surface area contributed by atoms with E-state index in [2.05, 4.69) is 15.2 Å². The highest BCUT2D eigenvalue weighted by Crippen LogP contribution is 2.30. The second-order valence-electron chi connectivity index (χ2n) is 5.03. The molecule has 4 rings (SSSR count). The number of phenolic OH excluding ortho intramolecular Hbond substituents is 1. The summed E-state index contributed by atoms with van der Waals surface area (Å²) in [7, 11) is 0. The van der Waals surface area contributed by atoms with Crippen molar-refractivity contribution in [3.8, 4) is 17.1 Å².